The van der Waals surface area contributed by atoms with E-state index in [1.54, 1.807) is 10.6 Å². The van der Waals surface area contributed by atoms with Gasteiger partial charge in [-0.05, 0) is 17.2 Å². The van der Waals surface area contributed by atoms with E-state index in [0.717, 1.165) is 11.1 Å². The first-order chi connectivity index (χ1) is 16.1. The number of aromatic nitrogens is 2. The molecule has 166 valence electrons. The van der Waals surface area contributed by atoms with Crippen LogP contribution in [0.15, 0.2) is 91.3 Å². The fourth-order valence-electron chi connectivity index (χ4n) is 4.14. The van der Waals surface area contributed by atoms with Crippen molar-refractivity contribution in [2.75, 3.05) is 14.2 Å². The molecule has 0 bridgehead atoms. The number of hydrogen-bond acceptors (Lipinski definition) is 5. The van der Waals surface area contributed by atoms with E-state index in [0.29, 0.717) is 10.6 Å². The van der Waals surface area contributed by atoms with Crippen molar-refractivity contribution in [3.63, 3.8) is 0 Å². The van der Waals surface area contributed by atoms with Crippen LogP contribution in [0.5, 0.6) is 0 Å². The minimum atomic E-state index is -1.15. The highest BCUT2D eigenvalue weighted by Gasteiger charge is 2.44. The summed E-state index contributed by atoms with van der Waals surface area (Å²) in [5.41, 5.74) is 0.975. The Hall–Kier alpha value is -3.90. The van der Waals surface area contributed by atoms with Crippen molar-refractivity contribution < 1.29 is 19.1 Å². The number of halogens is 1. The van der Waals surface area contributed by atoms with E-state index >= 15 is 0 Å². The molecule has 0 spiro atoms. The molecule has 0 aliphatic heterocycles. The number of nitrogens with zero attached hydrogens (tertiary/aromatic N) is 2. The predicted molar refractivity (Wildman–Crippen MR) is 125 cm³/mol. The number of esters is 2. The van der Waals surface area contributed by atoms with Crippen molar-refractivity contribution >= 4 is 23.5 Å². The van der Waals surface area contributed by atoms with Crippen molar-refractivity contribution in [3.8, 4) is 0 Å². The predicted octanol–water partition coefficient (Wildman–Crippen LogP) is 4.95. The van der Waals surface area contributed by atoms with Gasteiger partial charge in [-0.15, -0.1) is 0 Å². The molecule has 0 aliphatic rings. The topological polar surface area (TPSA) is 70.4 Å². The van der Waals surface area contributed by atoms with Crippen molar-refractivity contribution in [2.45, 2.75) is 5.54 Å². The fraction of sp³-hybridized carbons (Fsp3) is 0.115. The molecule has 6 nitrogen and oxygen atoms in total. The molecule has 0 radical (unpaired) electrons. The maximum Gasteiger partial charge on any atom is 0.359 e. The van der Waals surface area contributed by atoms with Gasteiger partial charge in [0.05, 0.1) is 20.5 Å². The van der Waals surface area contributed by atoms with Crippen LogP contribution in [-0.2, 0) is 15.0 Å². The highest BCUT2D eigenvalue weighted by molar-refractivity contribution is 6.31. The van der Waals surface area contributed by atoms with E-state index in [2.05, 4.69) is 4.98 Å². The van der Waals surface area contributed by atoms with Crippen LogP contribution in [-0.4, -0.2) is 35.7 Å². The maximum absolute atomic E-state index is 13.0. The molecule has 1 heterocycles. The molecule has 0 saturated heterocycles. The van der Waals surface area contributed by atoms with Gasteiger partial charge >= 0.3 is 11.9 Å². The molecular formula is C26H21ClN2O4. The molecule has 7 heteroatoms. The third kappa shape index (κ3) is 3.68. The van der Waals surface area contributed by atoms with E-state index in [4.69, 9.17) is 21.1 Å². The Kier molecular flexibility index (Phi) is 6.29. The van der Waals surface area contributed by atoms with Gasteiger partial charge in [0.2, 0.25) is 0 Å². The van der Waals surface area contributed by atoms with Gasteiger partial charge in [-0.1, -0.05) is 90.5 Å². The monoisotopic (exact) mass is 460 g/mol. The van der Waals surface area contributed by atoms with Crippen LogP contribution in [0.3, 0.4) is 0 Å². The fourth-order valence-corrected chi connectivity index (χ4v) is 4.41. The average molecular weight is 461 g/mol. The molecule has 0 saturated carbocycles. The van der Waals surface area contributed by atoms with E-state index in [1.165, 1.54) is 20.5 Å². The Labute approximate surface area is 196 Å². The number of ether oxygens (including phenoxy) is 2. The molecule has 0 unspecified atom stereocenters. The van der Waals surface area contributed by atoms with Crippen LogP contribution in [0.2, 0.25) is 5.02 Å². The zero-order valence-corrected chi connectivity index (χ0v) is 18.8. The van der Waals surface area contributed by atoms with E-state index < -0.39 is 17.5 Å². The highest BCUT2D eigenvalue weighted by atomic mass is 35.5. The molecule has 33 heavy (non-hydrogen) atoms. The van der Waals surface area contributed by atoms with Gasteiger partial charge in [0.1, 0.15) is 5.54 Å². The van der Waals surface area contributed by atoms with E-state index in [9.17, 15) is 9.59 Å². The Bertz CT molecular complexity index is 1250. The molecule has 4 rings (SSSR count). The Balaban J connectivity index is 2.22. The molecule has 1 aromatic heterocycles. The standard InChI is InChI=1S/C26H21ClN2O4/c1-32-24(30)22-23(25(31)33-2)29(17-28-22)26(18-11-5-3-6-12-18,19-13-7-4-8-14-19)20-15-9-10-16-21(20)27/h3-17H,1-2H3. The second kappa shape index (κ2) is 9.30. The lowest BCUT2D eigenvalue weighted by molar-refractivity contribution is 0.0541. The van der Waals surface area contributed by atoms with Crippen LogP contribution in [0, 0.1) is 0 Å². The number of imidazole rings is 1. The second-order valence-electron chi connectivity index (χ2n) is 7.22. The Morgan fingerprint density at radius 2 is 1.30 bits per heavy atom. The lowest BCUT2D eigenvalue weighted by Gasteiger charge is -2.38. The summed E-state index contributed by atoms with van der Waals surface area (Å²) in [7, 11) is 2.49. The van der Waals surface area contributed by atoms with Crippen LogP contribution < -0.4 is 0 Å². The van der Waals surface area contributed by atoms with Crippen molar-refractivity contribution in [1.82, 2.24) is 9.55 Å². The first-order valence-electron chi connectivity index (χ1n) is 10.2. The third-order valence-electron chi connectivity index (χ3n) is 5.53. The summed E-state index contributed by atoms with van der Waals surface area (Å²) in [6.07, 6.45) is 1.45. The molecule has 0 N–H and O–H groups in total. The first-order valence-corrected chi connectivity index (χ1v) is 10.5. The zero-order chi connectivity index (χ0) is 23.4. The second-order valence-corrected chi connectivity index (χ2v) is 7.62. The summed E-state index contributed by atoms with van der Waals surface area (Å²) in [6.45, 7) is 0. The molecule has 3 aromatic carbocycles. The van der Waals surface area contributed by atoms with Gasteiger partial charge < -0.3 is 14.0 Å². The van der Waals surface area contributed by atoms with Crippen LogP contribution >= 0.6 is 11.6 Å². The highest BCUT2D eigenvalue weighted by Crippen LogP contribution is 2.44. The van der Waals surface area contributed by atoms with Gasteiger partial charge in [-0.3, -0.25) is 0 Å². The molecule has 0 amide bonds. The van der Waals surface area contributed by atoms with Crippen LogP contribution in [0.1, 0.15) is 37.7 Å². The molecular weight excluding hydrogens is 440 g/mol. The minimum absolute atomic E-state index is 0.0445. The number of rotatable bonds is 6. The summed E-state index contributed by atoms with van der Waals surface area (Å²) in [6, 6.07) is 26.6. The largest absolute Gasteiger partial charge is 0.464 e. The minimum Gasteiger partial charge on any atom is -0.464 e. The summed E-state index contributed by atoms with van der Waals surface area (Å²) in [5.74, 6) is -1.47. The van der Waals surface area contributed by atoms with Gasteiger partial charge in [0, 0.05) is 10.6 Å². The summed E-state index contributed by atoms with van der Waals surface area (Å²) < 4.78 is 11.6. The SMILES string of the molecule is COC(=O)c1ncn(C(c2ccccc2)(c2ccccc2)c2ccccc2Cl)c1C(=O)OC. The maximum atomic E-state index is 13.0. The summed E-state index contributed by atoms with van der Waals surface area (Å²) >= 11 is 6.78. The number of benzene rings is 3. The summed E-state index contributed by atoms with van der Waals surface area (Å²) in [5, 5.41) is 0.481. The van der Waals surface area contributed by atoms with Gasteiger partial charge in [-0.2, -0.15) is 0 Å². The number of hydrogen-bond donors (Lipinski definition) is 0. The van der Waals surface area contributed by atoms with Crippen molar-refractivity contribution in [3.05, 3.63) is 124 Å². The van der Waals surface area contributed by atoms with Gasteiger partial charge in [0.15, 0.2) is 11.4 Å². The Morgan fingerprint density at radius 1 is 0.788 bits per heavy atom. The van der Waals surface area contributed by atoms with E-state index in [-0.39, 0.29) is 11.4 Å². The van der Waals surface area contributed by atoms with Crippen molar-refractivity contribution in [1.29, 1.82) is 0 Å². The molecule has 4 aromatic rings. The number of carbonyl (C=O) groups excluding carboxylic acids is 2. The molecule has 0 aliphatic carbocycles. The average Bonchev–Trinajstić information content (AvgIpc) is 3.31. The smallest absolute Gasteiger partial charge is 0.359 e. The quantitative estimate of drug-likeness (QED) is 0.301. The number of methoxy groups -OCH3 is 2. The molecule has 0 atom stereocenters. The first kappa shape index (κ1) is 22.3. The van der Waals surface area contributed by atoms with Crippen molar-refractivity contribution in [2.24, 2.45) is 0 Å². The lowest BCUT2D eigenvalue weighted by atomic mass is 9.76. The van der Waals surface area contributed by atoms with Gasteiger partial charge in [0.25, 0.3) is 0 Å². The summed E-state index contributed by atoms with van der Waals surface area (Å²) in [4.78, 5) is 29.9. The zero-order valence-electron chi connectivity index (χ0n) is 18.1. The number of carbonyl (C=O) groups is 2. The normalized spacial score (nSPS) is 11.1. The lowest BCUT2D eigenvalue weighted by Crippen LogP contribution is -2.40. The molecule has 0 fully saturated rings. The van der Waals surface area contributed by atoms with Crippen LogP contribution in [0.4, 0.5) is 0 Å². The third-order valence-corrected chi connectivity index (χ3v) is 5.86. The van der Waals surface area contributed by atoms with Crippen LogP contribution in [0.25, 0.3) is 0 Å². The van der Waals surface area contributed by atoms with Gasteiger partial charge in [-0.25, -0.2) is 14.6 Å². The van der Waals surface area contributed by atoms with E-state index in [1.807, 2.05) is 78.9 Å². The Morgan fingerprint density at radius 3 is 1.82 bits per heavy atom.